The maximum absolute atomic E-state index is 11.0. The molecule has 0 N–H and O–H groups in total. The van der Waals surface area contributed by atoms with E-state index in [1.54, 1.807) is 12.1 Å². The molecule has 6 heteroatoms. The zero-order valence-corrected chi connectivity index (χ0v) is 13.6. The van der Waals surface area contributed by atoms with E-state index in [9.17, 15) is 10.1 Å². The van der Waals surface area contributed by atoms with Crippen molar-refractivity contribution in [3.8, 4) is 11.5 Å². The minimum atomic E-state index is -0.442. The molecule has 1 aromatic carbocycles. The highest BCUT2D eigenvalue weighted by molar-refractivity contribution is 9.09. The first-order valence-corrected chi connectivity index (χ1v) is 7.65. The quantitative estimate of drug-likeness (QED) is 0.402. The number of nitro benzene ring substituents is 1. The maximum Gasteiger partial charge on any atom is 0.311 e. The van der Waals surface area contributed by atoms with Gasteiger partial charge in [0.25, 0.3) is 0 Å². The van der Waals surface area contributed by atoms with Crippen molar-refractivity contribution < 1.29 is 14.4 Å². The molecule has 0 spiro atoms. The molecule has 0 saturated heterocycles. The third-order valence-electron chi connectivity index (χ3n) is 3.68. The zero-order valence-electron chi connectivity index (χ0n) is 12.0. The van der Waals surface area contributed by atoms with Gasteiger partial charge in [0.1, 0.15) is 5.75 Å². The van der Waals surface area contributed by atoms with Crippen LogP contribution in [0.3, 0.4) is 0 Å². The standard InChI is InChI=1S/C14H20BrNO4/c1-4-14(5-2,9-15)10-20-13-8-11(19-3)6-7-12(13)16(17)18/h6-8H,4-5,9-10H2,1-3H3. The van der Waals surface area contributed by atoms with Gasteiger partial charge in [-0.2, -0.15) is 0 Å². The third-order valence-corrected chi connectivity index (χ3v) is 4.87. The molecule has 1 rings (SSSR count). The first kappa shape index (κ1) is 16.8. The summed E-state index contributed by atoms with van der Waals surface area (Å²) < 4.78 is 10.8. The van der Waals surface area contributed by atoms with Crippen LogP contribution in [0.4, 0.5) is 5.69 Å². The summed E-state index contributed by atoms with van der Waals surface area (Å²) in [6.45, 7) is 4.61. The van der Waals surface area contributed by atoms with E-state index in [0.29, 0.717) is 12.4 Å². The highest BCUT2D eigenvalue weighted by atomic mass is 79.9. The van der Waals surface area contributed by atoms with Gasteiger partial charge in [0.05, 0.1) is 18.6 Å². The van der Waals surface area contributed by atoms with Gasteiger partial charge in [-0.15, -0.1) is 0 Å². The molecule has 5 nitrogen and oxygen atoms in total. The normalized spacial score (nSPS) is 11.2. The molecular formula is C14H20BrNO4. The number of nitro groups is 1. The van der Waals surface area contributed by atoms with Gasteiger partial charge < -0.3 is 9.47 Å². The second kappa shape index (κ2) is 7.47. The van der Waals surface area contributed by atoms with E-state index < -0.39 is 4.92 Å². The number of methoxy groups -OCH3 is 1. The van der Waals surface area contributed by atoms with E-state index in [-0.39, 0.29) is 16.9 Å². The Morgan fingerprint density at radius 3 is 2.45 bits per heavy atom. The average molecular weight is 346 g/mol. The molecule has 0 aromatic heterocycles. The first-order valence-electron chi connectivity index (χ1n) is 6.53. The second-order valence-electron chi connectivity index (χ2n) is 4.72. The van der Waals surface area contributed by atoms with Crippen LogP contribution >= 0.6 is 15.9 Å². The van der Waals surface area contributed by atoms with Crippen molar-refractivity contribution in [2.45, 2.75) is 26.7 Å². The number of hydrogen-bond acceptors (Lipinski definition) is 4. The van der Waals surface area contributed by atoms with E-state index >= 15 is 0 Å². The Labute approximate surface area is 127 Å². The second-order valence-corrected chi connectivity index (χ2v) is 5.28. The van der Waals surface area contributed by atoms with Crippen LogP contribution in [-0.4, -0.2) is 24.0 Å². The SMILES string of the molecule is CCC(CC)(CBr)COc1cc(OC)ccc1[N+](=O)[O-]. The number of benzene rings is 1. The molecular weight excluding hydrogens is 326 g/mol. The molecule has 1 aromatic rings. The predicted octanol–water partition coefficient (Wildman–Crippen LogP) is 4.18. The minimum absolute atomic E-state index is 0.0169. The fraction of sp³-hybridized carbons (Fsp3) is 0.571. The van der Waals surface area contributed by atoms with E-state index in [2.05, 4.69) is 29.8 Å². The molecule has 0 unspecified atom stereocenters. The fourth-order valence-electron chi connectivity index (χ4n) is 1.80. The summed E-state index contributed by atoms with van der Waals surface area (Å²) in [5.74, 6) is 0.796. The summed E-state index contributed by atoms with van der Waals surface area (Å²) in [6.07, 6.45) is 1.87. The van der Waals surface area contributed by atoms with Crippen LogP contribution in [0.1, 0.15) is 26.7 Å². The molecule has 0 amide bonds. The Hall–Kier alpha value is -1.30. The third kappa shape index (κ3) is 3.85. The fourth-order valence-corrected chi connectivity index (χ4v) is 2.76. The molecule has 0 atom stereocenters. The van der Waals surface area contributed by atoms with Gasteiger partial charge in [-0.3, -0.25) is 10.1 Å². The monoisotopic (exact) mass is 345 g/mol. The lowest BCUT2D eigenvalue weighted by molar-refractivity contribution is -0.386. The van der Waals surface area contributed by atoms with E-state index in [4.69, 9.17) is 9.47 Å². The van der Waals surface area contributed by atoms with Crippen LogP contribution < -0.4 is 9.47 Å². The number of ether oxygens (including phenoxy) is 2. The summed E-state index contributed by atoms with van der Waals surface area (Å²) in [4.78, 5) is 10.6. The van der Waals surface area contributed by atoms with Gasteiger partial charge >= 0.3 is 5.69 Å². The van der Waals surface area contributed by atoms with Crippen molar-refractivity contribution in [1.82, 2.24) is 0 Å². The van der Waals surface area contributed by atoms with Gasteiger partial charge in [-0.1, -0.05) is 29.8 Å². The lowest BCUT2D eigenvalue weighted by Gasteiger charge is -2.29. The maximum atomic E-state index is 11.0. The van der Waals surface area contributed by atoms with Gasteiger partial charge in [-0.25, -0.2) is 0 Å². The Bertz CT molecular complexity index is 452. The summed E-state index contributed by atoms with van der Waals surface area (Å²) in [5.41, 5.74) is -0.0572. The number of halogens is 1. The number of alkyl halides is 1. The summed E-state index contributed by atoms with van der Waals surface area (Å²) >= 11 is 3.50. The van der Waals surface area contributed by atoms with E-state index in [0.717, 1.165) is 18.2 Å². The van der Waals surface area contributed by atoms with Crippen LogP contribution in [0.25, 0.3) is 0 Å². The molecule has 20 heavy (non-hydrogen) atoms. The molecule has 0 bridgehead atoms. The molecule has 0 radical (unpaired) electrons. The van der Waals surface area contributed by atoms with Crippen molar-refractivity contribution in [1.29, 1.82) is 0 Å². The van der Waals surface area contributed by atoms with Crippen molar-refractivity contribution in [2.75, 3.05) is 19.0 Å². The molecule has 0 aliphatic heterocycles. The average Bonchev–Trinajstić information content (AvgIpc) is 2.48. The molecule has 0 aliphatic carbocycles. The van der Waals surface area contributed by atoms with Crippen molar-refractivity contribution in [3.05, 3.63) is 28.3 Å². The Balaban J connectivity index is 2.98. The Morgan fingerprint density at radius 1 is 1.35 bits per heavy atom. The van der Waals surface area contributed by atoms with Crippen molar-refractivity contribution in [3.63, 3.8) is 0 Å². The summed E-state index contributed by atoms with van der Waals surface area (Å²) in [7, 11) is 1.52. The topological polar surface area (TPSA) is 61.6 Å². The smallest absolute Gasteiger partial charge is 0.311 e. The van der Waals surface area contributed by atoms with Crippen molar-refractivity contribution >= 4 is 21.6 Å². The molecule has 0 saturated carbocycles. The number of hydrogen-bond donors (Lipinski definition) is 0. The molecule has 0 aliphatic rings. The van der Waals surface area contributed by atoms with Crippen LogP contribution in [0.15, 0.2) is 18.2 Å². The highest BCUT2D eigenvalue weighted by Gasteiger charge is 2.27. The lowest BCUT2D eigenvalue weighted by atomic mass is 9.86. The van der Waals surface area contributed by atoms with Gasteiger partial charge in [0, 0.05) is 22.9 Å². The zero-order chi connectivity index (χ0) is 15.2. The van der Waals surface area contributed by atoms with Crippen LogP contribution in [-0.2, 0) is 0 Å². The summed E-state index contributed by atoms with van der Waals surface area (Å²) in [6, 6.07) is 4.52. The Morgan fingerprint density at radius 2 is 2.00 bits per heavy atom. The van der Waals surface area contributed by atoms with Gasteiger partial charge in [0.15, 0.2) is 0 Å². The van der Waals surface area contributed by atoms with E-state index in [1.165, 1.54) is 13.2 Å². The van der Waals surface area contributed by atoms with Crippen LogP contribution in [0, 0.1) is 15.5 Å². The summed E-state index contributed by atoms with van der Waals surface area (Å²) in [5, 5.41) is 11.8. The van der Waals surface area contributed by atoms with Gasteiger partial charge in [0.2, 0.25) is 5.75 Å². The van der Waals surface area contributed by atoms with Crippen molar-refractivity contribution in [2.24, 2.45) is 5.41 Å². The van der Waals surface area contributed by atoms with Crippen LogP contribution in [0.2, 0.25) is 0 Å². The molecule has 0 fully saturated rings. The number of nitrogens with zero attached hydrogens (tertiary/aromatic N) is 1. The molecule has 0 heterocycles. The first-order chi connectivity index (χ1) is 9.51. The molecule has 112 valence electrons. The Kier molecular flexibility index (Phi) is 6.26. The number of rotatable bonds is 8. The van der Waals surface area contributed by atoms with Gasteiger partial charge in [-0.05, 0) is 18.9 Å². The predicted molar refractivity (Wildman–Crippen MR) is 82.0 cm³/mol. The lowest BCUT2D eigenvalue weighted by Crippen LogP contribution is -2.29. The highest BCUT2D eigenvalue weighted by Crippen LogP contribution is 2.35. The van der Waals surface area contributed by atoms with Crippen LogP contribution in [0.5, 0.6) is 11.5 Å². The minimum Gasteiger partial charge on any atom is -0.497 e. The largest absolute Gasteiger partial charge is 0.497 e. The van der Waals surface area contributed by atoms with E-state index in [1.807, 2.05) is 0 Å².